The number of rotatable bonds is 6. The largest absolute Gasteiger partial charge is 0.482 e. The summed E-state index contributed by atoms with van der Waals surface area (Å²) in [6, 6.07) is 14.6. The fourth-order valence-electron chi connectivity index (χ4n) is 1.69. The van der Waals surface area contributed by atoms with E-state index in [9.17, 15) is 9.59 Å². The molecule has 2 aromatic rings. The summed E-state index contributed by atoms with van der Waals surface area (Å²) in [7, 11) is 0. The molecule has 0 bridgehead atoms. The average Bonchev–Trinajstić information content (AvgIpc) is 2.54. The molecule has 5 nitrogen and oxygen atoms in total. The molecule has 6 heteroatoms. The number of carbonyl (C=O) groups excluding carboxylic acids is 2. The van der Waals surface area contributed by atoms with Crippen molar-refractivity contribution in [3.63, 3.8) is 0 Å². The molecule has 0 aromatic heterocycles. The van der Waals surface area contributed by atoms with Gasteiger partial charge in [0, 0.05) is 9.26 Å². The summed E-state index contributed by atoms with van der Waals surface area (Å²) < 4.78 is 11.2. The van der Waals surface area contributed by atoms with Gasteiger partial charge in [-0.25, -0.2) is 4.79 Å². The Morgan fingerprint density at radius 1 is 1.00 bits per heavy atom. The quantitative estimate of drug-likeness (QED) is 0.571. The monoisotopic (exact) mass is 425 g/mol. The zero-order valence-corrected chi connectivity index (χ0v) is 14.7. The van der Waals surface area contributed by atoms with E-state index in [0.29, 0.717) is 11.4 Å². The highest BCUT2D eigenvalue weighted by Crippen LogP contribution is 2.13. The number of esters is 1. The molecule has 23 heavy (non-hydrogen) atoms. The lowest BCUT2D eigenvalue weighted by Gasteiger charge is -2.08. The van der Waals surface area contributed by atoms with Gasteiger partial charge in [-0.3, -0.25) is 4.79 Å². The number of hydrogen-bond acceptors (Lipinski definition) is 4. The number of amides is 1. The molecule has 0 aliphatic rings. The van der Waals surface area contributed by atoms with Crippen molar-refractivity contribution in [2.75, 3.05) is 18.5 Å². The molecule has 0 unspecified atom stereocenters. The zero-order chi connectivity index (χ0) is 16.7. The Morgan fingerprint density at radius 3 is 2.30 bits per heavy atom. The highest BCUT2D eigenvalue weighted by atomic mass is 127. The molecule has 0 spiro atoms. The van der Waals surface area contributed by atoms with Gasteiger partial charge < -0.3 is 14.8 Å². The molecule has 0 heterocycles. The van der Waals surface area contributed by atoms with Crippen molar-refractivity contribution in [2.45, 2.75) is 6.92 Å². The first-order valence-electron chi connectivity index (χ1n) is 6.93. The summed E-state index contributed by atoms with van der Waals surface area (Å²) in [6.45, 7) is 1.38. The summed E-state index contributed by atoms with van der Waals surface area (Å²) in [6.07, 6.45) is 0. The Hall–Kier alpha value is -2.09. The molecule has 0 radical (unpaired) electrons. The molecule has 1 amide bonds. The van der Waals surface area contributed by atoms with E-state index in [-0.39, 0.29) is 13.2 Å². The second kappa shape index (κ2) is 8.52. The number of ether oxygens (including phenoxy) is 2. The van der Waals surface area contributed by atoms with Gasteiger partial charge in [0.1, 0.15) is 5.75 Å². The van der Waals surface area contributed by atoms with E-state index in [4.69, 9.17) is 9.47 Å². The van der Waals surface area contributed by atoms with Crippen LogP contribution in [0.4, 0.5) is 5.69 Å². The minimum absolute atomic E-state index is 0.238. The Morgan fingerprint density at radius 2 is 1.65 bits per heavy atom. The highest BCUT2D eigenvalue weighted by molar-refractivity contribution is 14.1. The molecule has 120 valence electrons. The van der Waals surface area contributed by atoms with E-state index in [2.05, 4.69) is 27.9 Å². The molecule has 0 aliphatic heterocycles. The molecule has 0 fully saturated rings. The third kappa shape index (κ3) is 6.27. The third-order valence-corrected chi connectivity index (χ3v) is 3.59. The van der Waals surface area contributed by atoms with Crippen LogP contribution in [0.1, 0.15) is 5.56 Å². The third-order valence-electron chi connectivity index (χ3n) is 2.87. The van der Waals surface area contributed by atoms with Gasteiger partial charge in [0.05, 0.1) is 0 Å². The molecule has 0 atom stereocenters. The van der Waals surface area contributed by atoms with Crippen LogP contribution in [-0.2, 0) is 14.3 Å². The minimum atomic E-state index is -0.595. The van der Waals surface area contributed by atoms with E-state index in [1.165, 1.54) is 0 Å². The zero-order valence-electron chi connectivity index (χ0n) is 12.5. The number of carbonyl (C=O) groups is 2. The second-order valence-corrected chi connectivity index (χ2v) is 6.06. The van der Waals surface area contributed by atoms with Crippen molar-refractivity contribution in [3.05, 3.63) is 57.7 Å². The first kappa shape index (κ1) is 17.3. The number of aryl methyl sites for hydroxylation is 1. The topological polar surface area (TPSA) is 64.6 Å². The predicted octanol–water partition coefficient (Wildman–Crippen LogP) is 3.16. The van der Waals surface area contributed by atoms with E-state index in [1.54, 1.807) is 24.3 Å². The van der Waals surface area contributed by atoms with Crippen molar-refractivity contribution in [1.82, 2.24) is 0 Å². The maximum Gasteiger partial charge on any atom is 0.344 e. The van der Waals surface area contributed by atoms with Gasteiger partial charge in [0.15, 0.2) is 13.2 Å². The molecular weight excluding hydrogens is 409 g/mol. The van der Waals surface area contributed by atoms with Gasteiger partial charge in [0.25, 0.3) is 5.91 Å². The van der Waals surface area contributed by atoms with Gasteiger partial charge in [-0.05, 0) is 65.9 Å². The smallest absolute Gasteiger partial charge is 0.344 e. The molecule has 2 aromatic carbocycles. The van der Waals surface area contributed by atoms with Crippen molar-refractivity contribution < 1.29 is 19.1 Å². The number of hydrogen-bond donors (Lipinski definition) is 1. The van der Waals surface area contributed by atoms with Gasteiger partial charge in [0.2, 0.25) is 0 Å². The van der Waals surface area contributed by atoms with Gasteiger partial charge >= 0.3 is 5.97 Å². The van der Waals surface area contributed by atoms with Crippen molar-refractivity contribution in [1.29, 1.82) is 0 Å². The first-order chi connectivity index (χ1) is 11.0. The summed E-state index contributed by atoms with van der Waals surface area (Å²) >= 11 is 2.18. The Kier molecular flexibility index (Phi) is 6.40. The summed E-state index contributed by atoms with van der Waals surface area (Å²) in [5.74, 6) is -0.412. The number of anilines is 1. The van der Waals surface area contributed by atoms with Crippen LogP contribution >= 0.6 is 22.6 Å². The van der Waals surface area contributed by atoms with Crippen LogP contribution in [0.15, 0.2) is 48.5 Å². The molecular formula is C17H16INO4. The van der Waals surface area contributed by atoms with Crippen LogP contribution in [0.25, 0.3) is 0 Å². The molecule has 0 saturated heterocycles. The SMILES string of the molecule is Cc1ccc(NC(=O)COC(=O)COc2ccc(I)cc2)cc1. The Balaban J connectivity index is 1.70. The normalized spacial score (nSPS) is 10.0. The molecule has 0 saturated carbocycles. The standard InChI is InChI=1S/C17H16INO4/c1-12-2-6-14(7-3-12)19-16(20)10-23-17(21)11-22-15-8-4-13(18)5-9-15/h2-9H,10-11H2,1H3,(H,19,20). The number of benzene rings is 2. The van der Waals surface area contributed by atoms with E-state index < -0.39 is 11.9 Å². The highest BCUT2D eigenvalue weighted by Gasteiger charge is 2.09. The second-order valence-electron chi connectivity index (χ2n) is 4.82. The lowest BCUT2D eigenvalue weighted by Crippen LogP contribution is -2.23. The Bertz CT molecular complexity index is 668. The van der Waals surface area contributed by atoms with Crippen LogP contribution in [0, 0.1) is 10.5 Å². The number of halogens is 1. The van der Waals surface area contributed by atoms with Crippen LogP contribution < -0.4 is 10.1 Å². The lowest BCUT2D eigenvalue weighted by molar-refractivity contribution is -0.149. The van der Waals surface area contributed by atoms with Crippen molar-refractivity contribution in [2.24, 2.45) is 0 Å². The van der Waals surface area contributed by atoms with E-state index in [0.717, 1.165) is 9.13 Å². The van der Waals surface area contributed by atoms with Gasteiger partial charge in [-0.15, -0.1) is 0 Å². The maximum atomic E-state index is 11.7. The van der Waals surface area contributed by atoms with E-state index in [1.807, 2.05) is 31.2 Å². The fourth-order valence-corrected chi connectivity index (χ4v) is 2.05. The number of nitrogens with one attached hydrogen (secondary N) is 1. The molecule has 1 N–H and O–H groups in total. The van der Waals surface area contributed by atoms with Crippen molar-refractivity contribution >= 4 is 40.2 Å². The summed E-state index contributed by atoms with van der Waals surface area (Å²) in [4.78, 5) is 23.2. The Labute approximate surface area is 148 Å². The summed E-state index contributed by atoms with van der Waals surface area (Å²) in [5, 5.41) is 2.65. The predicted molar refractivity (Wildman–Crippen MR) is 95.4 cm³/mol. The van der Waals surface area contributed by atoms with Gasteiger partial charge in [-0.1, -0.05) is 17.7 Å². The average molecular weight is 425 g/mol. The lowest BCUT2D eigenvalue weighted by atomic mass is 10.2. The van der Waals surface area contributed by atoms with Crippen LogP contribution in [-0.4, -0.2) is 25.1 Å². The fraction of sp³-hybridized carbons (Fsp3) is 0.176. The molecule has 2 rings (SSSR count). The van der Waals surface area contributed by atoms with Crippen LogP contribution in [0.2, 0.25) is 0 Å². The minimum Gasteiger partial charge on any atom is -0.482 e. The van der Waals surface area contributed by atoms with Crippen LogP contribution in [0.3, 0.4) is 0 Å². The first-order valence-corrected chi connectivity index (χ1v) is 8.01. The van der Waals surface area contributed by atoms with E-state index >= 15 is 0 Å². The van der Waals surface area contributed by atoms with Crippen molar-refractivity contribution in [3.8, 4) is 5.75 Å². The van der Waals surface area contributed by atoms with Crippen LogP contribution in [0.5, 0.6) is 5.75 Å². The van der Waals surface area contributed by atoms with Gasteiger partial charge in [-0.2, -0.15) is 0 Å². The summed E-state index contributed by atoms with van der Waals surface area (Å²) in [5.41, 5.74) is 1.76. The maximum absolute atomic E-state index is 11.7. The molecule has 0 aliphatic carbocycles.